The van der Waals surface area contributed by atoms with Crippen LogP contribution in [-0.4, -0.2) is 32.5 Å². The zero-order valence-corrected chi connectivity index (χ0v) is 16.9. The third-order valence-electron chi connectivity index (χ3n) is 5.27. The Bertz CT molecular complexity index is 879. The van der Waals surface area contributed by atoms with Crippen molar-refractivity contribution < 1.29 is 14.3 Å². The van der Waals surface area contributed by atoms with Crippen LogP contribution in [0.1, 0.15) is 36.0 Å². The summed E-state index contributed by atoms with van der Waals surface area (Å²) in [6, 6.07) is 16.2. The number of nitrogens with zero attached hydrogens (tertiary/aromatic N) is 1. The number of esters is 1. The molecule has 0 aromatic heterocycles. The lowest BCUT2D eigenvalue weighted by atomic mass is 9.73. The topological polar surface area (TPSA) is 46.6 Å². The average Bonchev–Trinajstić information content (AvgIpc) is 2.68. The van der Waals surface area contributed by atoms with Gasteiger partial charge in [-0.2, -0.15) is 0 Å². The first-order valence-electron chi connectivity index (χ1n) is 9.66. The molecule has 1 aliphatic carbocycles. The second kappa shape index (κ2) is 8.42. The number of carbonyl (C=O) groups excluding carboxylic acids is 2. The number of carbonyl (C=O) groups is 2. The molecule has 0 N–H and O–H groups in total. The summed E-state index contributed by atoms with van der Waals surface area (Å²) in [7, 11) is 3.97. The van der Waals surface area contributed by atoms with Crippen LogP contribution in [0.4, 0.5) is 5.69 Å². The van der Waals surface area contributed by atoms with Crippen LogP contribution >= 0.6 is 0 Å². The minimum absolute atomic E-state index is 0.179. The first-order chi connectivity index (χ1) is 13.4. The zero-order valence-electron chi connectivity index (χ0n) is 16.9. The molecule has 0 aliphatic heterocycles. The maximum absolute atomic E-state index is 12.9. The number of rotatable bonds is 5. The van der Waals surface area contributed by atoms with E-state index in [2.05, 4.69) is 0 Å². The molecular weight excluding hydrogens is 350 g/mol. The van der Waals surface area contributed by atoms with Crippen molar-refractivity contribution in [3.63, 3.8) is 0 Å². The molecule has 2 aromatic rings. The molecule has 3 rings (SSSR count). The van der Waals surface area contributed by atoms with Gasteiger partial charge in [0.15, 0.2) is 5.78 Å². The summed E-state index contributed by atoms with van der Waals surface area (Å²) >= 11 is 0. The van der Waals surface area contributed by atoms with Crippen molar-refractivity contribution >= 4 is 23.0 Å². The van der Waals surface area contributed by atoms with E-state index in [1.54, 1.807) is 13.0 Å². The molecule has 0 unspecified atom stereocenters. The normalized spacial score (nSPS) is 19.1. The lowest BCUT2D eigenvalue weighted by molar-refractivity contribution is -0.151. The molecule has 0 bridgehead atoms. The van der Waals surface area contributed by atoms with Gasteiger partial charge in [-0.3, -0.25) is 9.59 Å². The molecular formula is C24H27NO3. The summed E-state index contributed by atoms with van der Waals surface area (Å²) in [5.41, 5.74) is 5.22. The fraction of sp³-hybridized carbons (Fsp3) is 0.333. The van der Waals surface area contributed by atoms with Crippen molar-refractivity contribution in [3.05, 3.63) is 71.3 Å². The third kappa shape index (κ3) is 4.16. The highest BCUT2D eigenvalue weighted by Crippen LogP contribution is 2.40. The van der Waals surface area contributed by atoms with Crippen LogP contribution in [0.3, 0.4) is 0 Å². The van der Waals surface area contributed by atoms with Gasteiger partial charge in [0, 0.05) is 25.7 Å². The standard InChI is InChI=1S/C24H27NO3/c1-5-28-24(27)23-21(18-10-12-20(13-11-18)25(3)4)14-19(15-22(23)26)17-8-6-16(2)7-9-17/h6-13,15,21,23H,5,14H2,1-4H3/t21-,23-/m0/s1. The van der Waals surface area contributed by atoms with Crippen LogP contribution in [0, 0.1) is 12.8 Å². The van der Waals surface area contributed by atoms with Gasteiger partial charge in [0.2, 0.25) is 0 Å². The lowest BCUT2D eigenvalue weighted by Gasteiger charge is -2.30. The van der Waals surface area contributed by atoms with E-state index in [1.165, 1.54) is 5.56 Å². The Morgan fingerprint density at radius 3 is 2.29 bits per heavy atom. The number of hydrogen-bond donors (Lipinski definition) is 0. The number of allylic oxidation sites excluding steroid dienone is 2. The van der Waals surface area contributed by atoms with Gasteiger partial charge in [-0.1, -0.05) is 42.0 Å². The Balaban J connectivity index is 1.99. The maximum Gasteiger partial charge on any atom is 0.317 e. The van der Waals surface area contributed by atoms with E-state index in [0.29, 0.717) is 6.42 Å². The molecule has 0 radical (unpaired) electrons. The van der Waals surface area contributed by atoms with Crippen LogP contribution in [0.2, 0.25) is 0 Å². The number of aryl methyl sites for hydroxylation is 1. The smallest absolute Gasteiger partial charge is 0.317 e. The third-order valence-corrected chi connectivity index (χ3v) is 5.27. The Kier molecular flexibility index (Phi) is 5.98. The van der Waals surface area contributed by atoms with Gasteiger partial charge < -0.3 is 9.64 Å². The fourth-order valence-electron chi connectivity index (χ4n) is 3.68. The SMILES string of the molecule is CCOC(=O)[C@@H]1C(=O)C=C(c2ccc(C)cc2)C[C@H]1c1ccc(N(C)C)cc1. The molecule has 146 valence electrons. The minimum Gasteiger partial charge on any atom is -0.465 e. The minimum atomic E-state index is -0.792. The van der Waals surface area contributed by atoms with Crippen LogP contribution in [0.5, 0.6) is 0 Å². The van der Waals surface area contributed by atoms with Gasteiger partial charge >= 0.3 is 5.97 Å². The van der Waals surface area contributed by atoms with Crippen molar-refractivity contribution in [2.75, 3.05) is 25.6 Å². The van der Waals surface area contributed by atoms with E-state index in [1.807, 2.05) is 74.4 Å². The number of hydrogen-bond acceptors (Lipinski definition) is 4. The molecule has 4 heteroatoms. The lowest BCUT2D eigenvalue weighted by Crippen LogP contribution is -2.34. The molecule has 2 atom stereocenters. The Morgan fingerprint density at radius 2 is 1.71 bits per heavy atom. The molecule has 1 aliphatic rings. The monoisotopic (exact) mass is 377 g/mol. The summed E-state index contributed by atoms with van der Waals surface area (Å²) in [5, 5.41) is 0. The van der Waals surface area contributed by atoms with E-state index >= 15 is 0 Å². The second-order valence-electron chi connectivity index (χ2n) is 7.46. The van der Waals surface area contributed by atoms with E-state index in [4.69, 9.17) is 4.74 Å². The van der Waals surface area contributed by atoms with Crippen molar-refractivity contribution in [1.82, 2.24) is 0 Å². The Labute approximate surface area is 166 Å². The summed E-state index contributed by atoms with van der Waals surface area (Å²) in [5.74, 6) is -1.64. The Morgan fingerprint density at radius 1 is 1.07 bits per heavy atom. The molecule has 0 saturated carbocycles. The first-order valence-corrected chi connectivity index (χ1v) is 9.66. The van der Waals surface area contributed by atoms with Gasteiger partial charge in [-0.15, -0.1) is 0 Å². The van der Waals surface area contributed by atoms with Crippen LogP contribution in [-0.2, 0) is 14.3 Å². The highest BCUT2D eigenvalue weighted by Gasteiger charge is 2.39. The number of ether oxygens (including phenoxy) is 1. The van der Waals surface area contributed by atoms with Gasteiger partial charge in [0.05, 0.1) is 6.61 Å². The fourth-order valence-corrected chi connectivity index (χ4v) is 3.68. The number of benzene rings is 2. The van der Waals surface area contributed by atoms with Crippen LogP contribution in [0.25, 0.3) is 5.57 Å². The van der Waals surface area contributed by atoms with Crippen molar-refractivity contribution in [2.45, 2.75) is 26.2 Å². The molecule has 0 fully saturated rings. The van der Waals surface area contributed by atoms with Crippen LogP contribution in [0.15, 0.2) is 54.6 Å². The predicted molar refractivity (Wildman–Crippen MR) is 112 cm³/mol. The molecule has 2 aromatic carbocycles. The molecule has 0 amide bonds. The average molecular weight is 377 g/mol. The Hall–Kier alpha value is -2.88. The zero-order chi connectivity index (χ0) is 20.3. The summed E-state index contributed by atoms with van der Waals surface area (Å²) in [4.78, 5) is 27.5. The number of anilines is 1. The quantitative estimate of drug-likeness (QED) is 0.573. The second-order valence-corrected chi connectivity index (χ2v) is 7.46. The van der Waals surface area contributed by atoms with Gasteiger partial charge in [0.25, 0.3) is 0 Å². The van der Waals surface area contributed by atoms with Gasteiger partial charge in [0.1, 0.15) is 5.92 Å². The number of ketones is 1. The van der Waals surface area contributed by atoms with Gasteiger partial charge in [-0.05, 0) is 55.2 Å². The van der Waals surface area contributed by atoms with Crippen molar-refractivity contribution in [1.29, 1.82) is 0 Å². The predicted octanol–water partition coefficient (Wildman–Crippen LogP) is 4.38. The van der Waals surface area contributed by atoms with Gasteiger partial charge in [-0.25, -0.2) is 0 Å². The maximum atomic E-state index is 12.9. The largest absolute Gasteiger partial charge is 0.465 e. The van der Waals surface area contributed by atoms with Crippen molar-refractivity contribution in [3.8, 4) is 0 Å². The summed E-state index contributed by atoms with van der Waals surface area (Å²) in [6.07, 6.45) is 2.25. The molecule has 4 nitrogen and oxygen atoms in total. The first kappa shape index (κ1) is 19.9. The van der Waals surface area contributed by atoms with E-state index < -0.39 is 11.9 Å². The molecule has 0 saturated heterocycles. The summed E-state index contributed by atoms with van der Waals surface area (Å²) in [6.45, 7) is 4.07. The van der Waals surface area contributed by atoms with E-state index in [0.717, 1.165) is 22.4 Å². The molecule has 28 heavy (non-hydrogen) atoms. The highest BCUT2D eigenvalue weighted by atomic mass is 16.5. The van der Waals surface area contributed by atoms with Crippen molar-refractivity contribution in [2.24, 2.45) is 5.92 Å². The van der Waals surface area contributed by atoms with Crippen LogP contribution < -0.4 is 4.90 Å². The van der Waals surface area contributed by atoms with E-state index in [9.17, 15) is 9.59 Å². The molecule has 0 spiro atoms. The highest BCUT2D eigenvalue weighted by molar-refractivity contribution is 6.10. The van der Waals surface area contributed by atoms with E-state index in [-0.39, 0.29) is 18.3 Å². The molecule has 0 heterocycles. The summed E-state index contributed by atoms with van der Waals surface area (Å²) < 4.78 is 5.22.